The van der Waals surface area contributed by atoms with Crippen LogP contribution in [0, 0.1) is 11.8 Å². The van der Waals surface area contributed by atoms with E-state index in [-0.39, 0.29) is 18.2 Å². The fourth-order valence-corrected chi connectivity index (χ4v) is 2.11. The SMILES string of the molecule is COCCCC(N)C(=O)NC[C@H](CC(=O)O)CC(C)C. The largest absolute Gasteiger partial charge is 0.481 e. The molecule has 0 fully saturated rings. The van der Waals surface area contributed by atoms with Crippen LogP contribution in [0.3, 0.4) is 0 Å². The molecular formula is C14H28N2O4. The van der Waals surface area contributed by atoms with Crippen molar-refractivity contribution in [1.82, 2.24) is 5.32 Å². The topological polar surface area (TPSA) is 102 Å². The Morgan fingerprint density at radius 3 is 2.50 bits per heavy atom. The molecule has 1 unspecified atom stereocenters. The van der Waals surface area contributed by atoms with E-state index in [1.807, 2.05) is 13.8 Å². The summed E-state index contributed by atoms with van der Waals surface area (Å²) >= 11 is 0. The second-order valence-electron chi connectivity index (χ2n) is 5.58. The molecule has 0 spiro atoms. The van der Waals surface area contributed by atoms with Gasteiger partial charge in [-0.25, -0.2) is 0 Å². The quantitative estimate of drug-likeness (QED) is 0.492. The van der Waals surface area contributed by atoms with E-state index in [4.69, 9.17) is 15.6 Å². The van der Waals surface area contributed by atoms with Crippen molar-refractivity contribution in [3.05, 3.63) is 0 Å². The van der Waals surface area contributed by atoms with E-state index in [0.717, 1.165) is 12.8 Å². The Morgan fingerprint density at radius 2 is 2.00 bits per heavy atom. The second-order valence-corrected chi connectivity index (χ2v) is 5.58. The average Bonchev–Trinajstić information content (AvgIpc) is 2.34. The van der Waals surface area contributed by atoms with Crippen LogP contribution in [0.4, 0.5) is 0 Å². The number of carboxylic acids is 1. The summed E-state index contributed by atoms with van der Waals surface area (Å²) in [5.41, 5.74) is 5.76. The summed E-state index contributed by atoms with van der Waals surface area (Å²) in [7, 11) is 1.61. The third-order valence-corrected chi connectivity index (χ3v) is 3.03. The van der Waals surface area contributed by atoms with Crippen LogP contribution in [0.2, 0.25) is 0 Å². The predicted molar refractivity (Wildman–Crippen MR) is 77.3 cm³/mol. The number of nitrogens with one attached hydrogen (secondary N) is 1. The maximum Gasteiger partial charge on any atom is 0.303 e. The number of hydrogen-bond acceptors (Lipinski definition) is 4. The van der Waals surface area contributed by atoms with Crippen molar-refractivity contribution in [2.45, 2.75) is 45.6 Å². The van der Waals surface area contributed by atoms with Crippen LogP contribution in [0.5, 0.6) is 0 Å². The van der Waals surface area contributed by atoms with E-state index in [2.05, 4.69) is 5.32 Å². The molecule has 20 heavy (non-hydrogen) atoms. The molecule has 118 valence electrons. The molecule has 0 saturated carbocycles. The molecule has 0 aliphatic carbocycles. The molecule has 1 amide bonds. The number of ether oxygens (including phenoxy) is 1. The molecule has 0 aromatic heterocycles. The number of carbonyl (C=O) groups is 2. The molecule has 0 heterocycles. The zero-order valence-electron chi connectivity index (χ0n) is 12.7. The first-order valence-electron chi connectivity index (χ1n) is 7.10. The second kappa shape index (κ2) is 10.6. The molecule has 6 nitrogen and oxygen atoms in total. The molecule has 2 atom stereocenters. The maximum atomic E-state index is 11.8. The fourth-order valence-electron chi connectivity index (χ4n) is 2.11. The minimum absolute atomic E-state index is 0.0531. The van der Waals surface area contributed by atoms with Crippen molar-refractivity contribution < 1.29 is 19.4 Å². The lowest BCUT2D eigenvalue weighted by atomic mass is 9.94. The molecule has 0 bridgehead atoms. The van der Waals surface area contributed by atoms with E-state index < -0.39 is 12.0 Å². The molecule has 0 aromatic carbocycles. The number of hydrogen-bond donors (Lipinski definition) is 3. The number of aliphatic carboxylic acids is 1. The number of carboxylic acid groups (broad SMARTS) is 1. The van der Waals surface area contributed by atoms with Crippen LogP contribution in [0.25, 0.3) is 0 Å². The highest BCUT2D eigenvalue weighted by Gasteiger charge is 2.18. The van der Waals surface area contributed by atoms with Crippen molar-refractivity contribution in [3.63, 3.8) is 0 Å². The molecule has 0 saturated heterocycles. The van der Waals surface area contributed by atoms with Crippen LogP contribution in [-0.2, 0) is 14.3 Å². The van der Waals surface area contributed by atoms with Crippen molar-refractivity contribution >= 4 is 11.9 Å². The Bertz CT molecular complexity index is 295. The summed E-state index contributed by atoms with van der Waals surface area (Å²) in [6.45, 7) is 5.01. The van der Waals surface area contributed by atoms with Gasteiger partial charge in [0.25, 0.3) is 0 Å². The Labute approximate surface area is 121 Å². The first kappa shape index (κ1) is 18.9. The molecule has 0 aromatic rings. The fraction of sp³-hybridized carbons (Fsp3) is 0.857. The van der Waals surface area contributed by atoms with Crippen LogP contribution < -0.4 is 11.1 Å². The van der Waals surface area contributed by atoms with Gasteiger partial charge in [-0.15, -0.1) is 0 Å². The van der Waals surface area contributed by atoms with Gasteiger partial charge in [-0.05, 0) is 31.1 Å². The summed E-state index contributed by atoms with van der Waals surface area (Å²) < 4.78 is 4.91. The minimum atomic E-state index is -0.839. The highest BCUT2D eigenvalue weighted by atomic mass is 16.5. The standard InChI is InChI=1S/C14H28N2O4/c1-10(2)7-11(8-13(17)18)9-16-14(19)12(15)5-4-6-20-3/h10-12H,4-9,15H2,1-3H3,(H,16,19)(H,17,18)/t11-,12?/m0/s1. The van der Waals surface area contributed by atoms with Gasteiger partial charge in [0.1, 0.15) is 0 Å². The number of carbonyl (C=O) groups excluding carboxylic acids is 1. The van der Waals surface area contributed by atoms with Gasteiger partial charge in [0.15, 0.2) is 0 Å². The van der Waals surface area contributed by atoms with Crippen molar-refractivity contribution in [2.75, 3.05) is 20.3 Å². The molecule has 0 aliphatic heterocycles. The van der Waals surface area contributed by atoms with Crippen LogP contribution in [0.1, 0.15) is 39.5 Å². The molecule has 0 radical (unpaired) electrons. The van der Waals surface area contributed by atoms with Gasteiger partial charge in [0, 0.05) is 26.7 Å². The summed E-state index contributed by atoms with van der Waals surface area (Å²) in [6.07, 6.45) is 2.13. The lowest BCUT2D eigenvalue weighted by Crippen LogP contribution is -2.42. The average molecular weight is 288 g/mol. The lowest BCUT2D eigenvalue weighted by Gasteiger charge is -2.19. The van der Waals surface area contributed by atoms with Gasteiger partial charge < -0.3 is 20.9 Å². The van der Waals surface area contributed by atoms with Gasteiger partial charge in [-0.3, -0.25) is 9.59 Å². The third-order valence-electron chi connectivity index (χ3n) is 3.03. The van der Waals surface area contributed by atoms with Crippen molar-refractivity contribution in [1.29, 1.82) is 0 Å². The minimum Gasteiger partial charge on any atom is -0.481 e. The molecule has 0 rings (SSSR count). The number of nitrogens with two attached hydrogens (primary N) is 1. The normalized spacial score (nSPS) is 14.1. The van der Waals surface area contributed by atoms with E-state index >= 15 is 0 Å². The van der Waals surface area contributed by atoms with Gasteiger partial charge in [0.2, 0.25) is 5.91 Å². The predicted octanol–water partition coefficient (Wildman–Crippen LogP) is 0.994. The van der Waals surface area contributed by atoms with Crippen LogP contribution in [-0.4, -0.2) is 43.3 Å². The monoisotopic (exact) mass is 288 g/mol. The number of methoxy groups -OCH3 is 1. The summed E-state index contributed by atoms with van der Waals surface area (Å²) in [5, 5.41) is 11.6. The molecular weight excluding hydrogens is 260 g/mol. The summed E-state index contributed by atoms with van der Waals surface area (Å²) in [4.78, 5) is 22.6. The van der Waals surface area contributed by atoms with E-state index in [1.165, 1.54) is 0 Å². The molecule has 4 N–H and O–H groups in total. The highest BCUT2D eigenvalue weighted by Crippen LogP contribution is 2.14. The maximum absolute atomic E-state index is 11.8. The third kappa shape index (κ3) is 9.75. The Morgan fingerprint density at radius 1 is 1.35 bits per heavy atom. The van der Waals surface area contributed by atoms with Crippen LogP contribution in [0.15, 0.2) is 0 Å². The lowest BCUT2D eigenvalue weighted by molar-refractivity contribution is -0.138. The first-order chi connectivity index (χ1) is 9.36. The molecule has 6 heteroatoms. The first-order valence-corrected chi connectivity index (χ1v) is 7.10. The zero-order valence-corrected chi connectivity index (χ0v) is 12.7. The van der Waals surface area contributed by atoms with Gasteiger partial charge in [-0.1, -0.05) is 13.8 Å². The highest BCUT2D eigenvalue weighted by molar-refractivity contribution is 5.81. The van der Waals surface area contributed by atoms with Crippen LogP contribution >= 0.6 is 0 Å². The number of rotatable bonds is 11. The Balaban J connectivity index is 4.11. The Hall–Kier alpha value is -1.14. The molecule has 0 aliphatic rings. The summed E-state index contributed by atoms with van der Waals surface area (Å²) in [5.74, 6) is -0.719. The zero-order chi connectivity index (χ0) is 15.5. The van der Waals surface area contributed by atoms with Crippen molar-refractivity contribution in [2.24, 2.45) is 17.6 Å². The van der Waals surface area contributed by atoms with E-state index in [9.17, 15) is 9.59 Å². The number of amides is 1. The smallest absolute Gasteiger partial charge is 0.303 e. The van der Waals surface area contributed by atoms with Gasteiger partial charge in [-0.2, -0.15) is 0 Å². The summed E-state index contributed by atoms with van der Waals surface area (Å²) in [6, 6.07) is -0.560. The van der Waals surface area contributed by atoms with Gasteiger partial charge >= 0.3 is 5.97 Å². The Kier molecular flexibility index (Phi) is 10.0. The van der Waals surface area contributed by atoms with Crippen molar-refractivity contribution in [3.8, 4) is 0 Å². The van der Waals surface area contributed by atoms with Gasteiger partial charge in [0.05, 0.1) is 6.04 Å². The van der Waals surface area contributed by atoms with E-state index in [1.54, 1.807) is 7.11 Å². The van der Waals surface area contributed by atoms with E-state index in [0.29, 0.717) is 25.5 Å².